The summed E-state index contributed by atoms with van der Waals surface area (Å²) in [4.78, 5) is 6.71. The third-order valence-electron chi connectivity index (χ3n) is 5.23. The Bertz CT molecular complexity index is 696. The molecule has 0 unspecified atom stereocenters. The van der Waals surface area contributed by atoms with Crippen LogP contribution in [0.2, 0.25) is 0 Å². The second-order valence-electron chi connectivity index (χ2n) is 7.53. The van der Waals surface area contributed by atoms with E-state index in [1.165, 1.54) is 17.1 Å². The molecule has 4 rings (SSSR count). The molecule has 0 radical (unpaired) electrons. The van der Waals surface area contributed by atoms with Crippen LogP contribution in [0.4, 0.5) is 0 Å². The van der Waals surface area contributed by atoms with Crippen molar-refractivity contribution in [2.45, 2.75) is 44.2 Å². The van der Waals surface area contributed by atoms with Crippen LogP contribution in [0.5, 0.6) is 0 Å². The SMILES string of the molecule is CN(C)S(=O)(=O)N[C@H]1CN(Cc2nc(C3CC3)no2)C[C@@H]1C1CC1. The van der Waals surface area contributed by atoms with Crippen LogP contribution >= 0.6 is 0 Å². The molecular formula is C15H25N5O3S. The predicted molar refractivity (Wildman–Crippen MR) is 87.3 cm³/mol. The summed E-state index contributed by atoms with van der Waals surface area (Å²) in [5, 5.41) is 4.06. The van der Waals surface area contributed by atoms with Gasteiger partial charge in [-0.1, -0.05) is 5.16 Å². The Balaban J connectivity index is 1.41. The second-order valence-corrected chi connectivity index (χ2v) is 9.44. The first-order valence-corrected chi connectivity index (χ1v) is 10.1. The number of aromatic nitrogens is 2. The molecular weight excluding hydrogens is 330 g/mol. The van der Waals surface area contributed by atoms with Crippen molar-refractivity contribution < 1.29 is 12.9 Å². The fourth-order valence-electron chi connectivity index (χ4n) is 3.50. The van der Waals surface area contributed by atoms with Crippen molar-refractivity contribution in [2.75, 3.05) is 27.2 Å². The van der Waals surface area contributed by atoms with Crippen molar-refractivity contribution in [2.24, 2.45) is 11.8 Å². The van der Waals surface area contributed by atoms with Gasteiger partial charge in [-0.3, -0.25) is 4.90 Å². The van der Waals surface area contributed by atoms with Gasteiger partial charge in [-0.25, -0.2) is 0 Å². The third-order valence-corrected chi connectivity index (χ3v) is 6.80. The van der Waals surface area contributed by atoms with Gasteiger partial charge < -0.3 is 4.52 Å². The van der Waals surface area contributed by atoms with Gasteiger partial charge in [0.25, 0.3) is 10.2 Å². The summed E-state index contributed by atoms with van der Waals surface area (Å²) in [5.74, 6) is 2.95. The van der Waals surface area contributed by atoms with Gasteiger partial charge in [0.2, 0.25) is 5.89 Å². The molecule has 1 N–H and O–H groups in total. The maximum absolute atomic E-state index is 12.2. The Labute approximate surface area is 142 Å². The zero-order valence-electron chi connectivity index (χ0n) is 14.2. The molecule has 0 spiro atoms. The van der Waals surface area contributed by atoms with Gasteiger partial charge in [0.05, 0.1) is 6.54 Å². The first-order valence-electron chi connectivity index (χ1n) is 8.67. The Morgan fingerprint density at radius 2 is 2.00 bits per heavy atom. The van der Waals surface area contributed by atoms with E-state index < -0.39 is 10.2 Å². The Hall–Kier alpha value is -1.03. The summed E-state index contributed by atoms with van der Waals surface area (Å²) in [6.45, 7) is 2.17. The van der Waals surface area contributed by atoms with E-state index in [0.29, 0.717) is 36.7 Å². The Morgan fingerprint density at radius 3 is 2.62 bits per heavy atom. The monoisotopic (exact) mass is 355 g/mol. The molecule has 1 aromatic heterocycles. The van der Waals surface area contributed by atoms with E-state index in [9.17, 15) is 8.42 Å². The summed E-state index contributed by atoms with van der Waals surface area (Å²) >= 11 is 0. The van der Waals surface area contributed by atoms with Crippen LogP contribution < -0.4 is 4.72 Å². The van der Waals surface area contributed by atoms with E-state index in [0.717, 1.165) is 25.2 Å². The molecule has 1 saturated heterocycles. The first kappa shape index (κ1) is 16.4. The minimum absolute atomic E-state index is 0.0456. The predicted octanol–water partition coefficient (Wildman–Crippen LogP) is 0.553. The van der Waals surface area contributed by atoms with Crippen LogP contribution in [-0.4, -0.2) is 61.0 Å². The first-order chi connectivity index (χ1) is 11.4. The highest BCUT2D eigenvalue weighted by atomic mass is 32.2. The van der Waals surface area contributed by atoms with Crippen molar-refractivity contribution in [1.82, 2.24) is 24.1 Å². The van der Waals surface area contributed by atoms with Gasteiger partial charge in [-0.2, -0.15) is 22.4 Å². The van der Waals surface area contributed by atoms with E-state index in [4.69, 9.17) is 4.52 Å². The number of hydrogen-bond donors (Lipinski definition) is 1. The van der Waals surface area contributed by atoms with Crippen LogP contribution in [0, 0.1) is 11.8 Å². The van der Waals surface area contributed by atoms with Crippen molar-refractivity contribution >= 4 is 10.2 Å². The van der Waals surface area contributed by atoms with Crippen LogP contribution in [0.3, 0.4) is 0 Å². The number of nitrogens with zero attached hydrogens (tertiary/aromatic N) is 4. The number of likely N-dealkylation sites (tertiary alicyclic amines) is 1. The molecule has 0 aromatic carbocycles. The lowest BCUT2D eigenvalue weighted by Gasteiger charge is -2.21. The average molecular weight is 355 g/mol. The minimum Gasteiger partial charge on any atom is -0.338 e. The number of nitrogens with one attached hydrogen (secondary N) is 1. The van der Waals surface area contributed by atoms with Crippen LogP contribution in [-0.2, 0) is 16.8 Å². The van der Waals surface area contributed by atoms with E-state index in [2.05, 4.69) is 19.8 Å². The molecule has 3 fully saturated rings. The Morgan fingerprint density at radius 1 is 1.25 bits per heavy atom. The molecule has 0 amide bonds. The molecule has 1 aromatic rings. The molecule has 2 atom stereocenters. The van der Waals surface area contributed by atoms with Crippen LogP contribution in [0.25, 0.3) is 0 Å². The summed E-state index contributed by atoms with van der Waals surface area (Å²) in [6, 6.07) is -0.0456. The summed E-state index contributed by atoms with van der Waals surface area (Å²) in [7, 11) is -0.301. The van der Waals surface area contributed by atoms with Crippen molar-refractivity contribution in [3.63, 3.8) is 0 Å². The summed E-state index contributed by atoms with van der Waals surface area (Å²) in [5.41, 5.74) is 0. The fraction of sp³-hybridized carbons (Fsp3) is 0.867. The molecule has 3 aliphatic rings. The molecule has 8 nitrogen and oxygen atoms in total. The quantitative estimate of drug-likeness (QED) is 0.768. The molecule has 1 aliphatic heterocycles. The third kappa shape index (κ3) is 3.49. The molecule has 24 heavy (non-hydrogen) atoms. The van der Waals surface area contributed by atoms with E-state index in [1.54, 1.807) is 14.1 Å². The topological polar surface area (TPSA) is 91.6 Å². The van der Waals surface area contributed by atoms with Crippen LogP contribution in [0.1, 0.15) is 43.3 Å². The second kappa shape index (κ2) is 6.05. The zero-order chi connectivity index (χ0) is 16.9. The van der Waals surface area contributed by atoms with Gasteiger partial charge in [-0.05, 0) is 37.5 Å². The molecule has 2 aliphatic carbocycles. The van der Waals surface area contributed by atoms with E-state index >= 15 is 0 Å². The smallest absolute Gasteiger partial charge is 0.279 e. The highest BCUT2D eigenvalue weighted by Crippen LogP contribution is 2.42. The normalized spacial score (nSPS) is 28.8. The van der Waals surface area contributed by atoms with Crippen molar-refractivity contribution in [3.8, 4) is 0 Å². The van der Waals surface area contributed by atoms with Crippen molar-refractivity contribution in [1.29, 1.82) is 0 Å². The summed E-state index contributed by atoms with van der Waals surface area (Å²) < 4.78 is 33.8. The number of rotatable bonds is 7. The standard InChI is InChI=1S/C15H25N5O3S/c1-19(2)24(21,22)18-13-8-20(7-12(13)10-3-4-10)9-14-16-15(17-23-14)11-5-6-11/h10-13,18H,3-9H2,1-2H3/t12-,13+/m1/s1. The van der Waals surface area contributed by atoms with Gasteiger partial charge in [0.15, 0.2) is 5.82 Å². The summed E-state index contributed by atoms with van der Waals surface area (Å²) in [6.07, 6.45) is 4.71. The van der Waals surface area contributed by atoms with Gasteiger partial charge in [-0.15, -0.1) is 0 Å². The Kier molecular flexibility index (Phi) is 4.14. The molecule has 2 saturated carbocycles. The van der Waals surface area contributed by atoms with Gasteiger partial charge >= 0.3 is 0 Å². The van der Waals surface area contributed by atoms with Crippen LogP contribution in [0.15, 0.2) is 4.52 Å². The zero-order valence-corrected chi connectivity index (χ0v) is 15.0. The molecule has 134 valence electrons. The lowest BCUT2D eigenvalue weighted by molar-refractivity contribution is 0.256. The lowest BCUT2D eigenvalue weighted by atomic mass is 9.99. The molecule has 2 heterocycles. The van der Waals surface area contributed by atoms with Gasteiger partial charge in [0, 0.05) is 39.1 Å². The molecule has 0 bridgehead atoms. The van der Waals surface area contributed by atoms with Gasteiger partial charge in [0.1, 0.15) is 0 Å². The van der Waals surface area contributed by atoms with E-state index in [1.807, 2.05) is 0 Å². The maximum atomic E-state index is 12.2. The van der Waals surface area contributed by atoms with Crippen molar-refractivity contribution in [3.05, 3.63) is 11.7 Å². The lowest BCUT2D eigenvalue weighted by Crippen LogP contribution is -2.46. The maximum Gasteiger partial charge on any atom is 0.279 e. The minimum atomic E-state index is -3.41. The average Bonchev–Trinajstić information content (AvgIpc) is 3.44. The fourth-order valence-corrected chi connectivity index (χ4v) is 4.34. The highest BCUT2D eigenvalue weighted by Gasteiger charge is 2.44. The largest absolute Gasteiger partial charge is 0.338 e. The molecule has 9 heteroatoms. The van der Waals surface area contributed by atoms with E-state index in [-0.39, 0.29) is 6.04 Å². The number of hydrogen-bond acceptors (Lipinski definition) is 6. The highest BCUT2D eigenvalue weighted by molar-refractivity contribution is 7.87.